The van der Waals surface area contributed by atoms with Crippen LogP contribution in [0, 0.1) is 0 Å². The summed E-state index contributed by atoms with van der Waals surface area (Å²) in [6.07, 6.45) is 5.55. The zero-order valence-corrected chi connectivity index (χ0v) is 12.1. The van der Waals surface area contributed by atoms with Crippen molar-refractivity contribution in [2.75, 3.05) is 39.3 Å². The van der Waals surface area contributed by atoms with Gasteiger partial charge in [-0.15, -0.1) is 0 Å². The Hall–Kier alpha value is -1.14. The largest absolute Gasteiger partial charge is 0.345 e. The summed E-state index contributed by atoms with van der Waals surface area (Å²) in [5, 5.41) is 2.89. The van der Waals surface area contributed by atoms with E-state index in [0.717, 1.165) is 45.3 Å². The molecule has 1 heterocycles. The topological polar surface area (TPSA) is 78.7 Å². The maximum absolute atomic E-state index is 12.1. The van der Waals surface area contributed by atoms with Crippen molar-refractivity contribution < 1.29 is 9.59 Å². The van der Waals surface area contributed by atoms with Crippen LogP contribution in [0.15, 0.2) is 0 Å². The molecule has 0 aromatic rings. The molecule has 20 heavy (non-hydrogen) atoms. The highest BCUT2D eigenvalue weighted by atomic mass is 16.2. The van der Waals surface area contributed by atoms with Gasteiger partial charge in [-0.1, -0.05) is 19.3 Å². The van der Waals surface area contributed by atoms with Crippen LogP contribution >= 0.6 is 0 Å². The third kappa shape index (κ3) is 4.18. The number of rotatable bonds is 3. The Morgan fingerprint density at radius 2 is 1.70 bits per heavy atom. The number of nitrogens with two attached hydrogens (primary N) is 1. The van der Waals surface area contributed by atoms with Crippen molar-refractivity contribution >= 4 is 11.8 Å². The third-order valence-electron chi connectivity index (χ3n) is 4.24. The molecule has 2 aliphatic rings. The lowest BCUT2D eigenvalue weighted by Gasteiger charge is -2.34. The predicted molar refractivity (Wildman–Crippen MR) is 77.1 cm³/mol. The van der Waals surface area contributed by atoms with Crippen LogP contribution in [-0.4, -0.2) is 66.9 Å². The number of amides is 2. The van der Waals surface area contributed by atoms with E-state index in [1.165, 1.54) is 6.42 Å². The summed E-state index contributed by atoms with van der Waals surface area (Å²) in [6.45, 7) is 4.35. The third-order valence-corrected chi connectivity index (χ3v) is 4.24. The molecule has 6 nitrogen and oxygen atoms in total. The van der Waals surface area contributed by atoms with E-state index in [0.29, 0.717) is 19.6 Å². The van der Waals surface area contributed by atoms with E-state index in [9.17, 15) is 9.59 Å². The van der Waals surface area contributed by atoms with Crippen molar-refractivity contribution in [2.45, 2.75) is 38.1 Å². The van der Waals surface area contributed by atoms with Gasteiger partial charge < -0.3 is 16.0 Å². The minimum atomic E-state index is -0.427. The lowest BCUT2D eigenvalue weighted by atomic mass is 9.95. The monoisotopic (exact) mass is 282 g/mol. The molecule has 0 radical (unpaired) electrons. The Morgan fingerprint density at radius 3 is 2.30 bits per heavy atom. The number of hydrogen-bond acceptors (Lipinski definition) is 4. The van der Waals surface area contributed by atoms with E-state index in [4.69, 9.17) is 5.73 Å². The van der Waals surface area contributed by atoms with Crippen LogP contribution in [0.5, 0.6) is 0 Å². The second-order valence-electron chi connectivity index (χ2n) is 5.73. The molecular weight excluding hydrogens is 256 g/mol. The molecule has 1 aliphatic heterocycles. The molecule has 1 saturated heterocycles. The summed E-state index contributed by atoms with van der Waals surface area (Å²) in [6, 6.07) is 0.193. The van der Waals surface area contributed by atoms with Crippen molar-refractivity contribution in [1.82, 2.24) is 15.1 Å². The quantitative estimate of drug-likeness (QED) is 0.687. The van der Waals surface area contributed by atoms with Gasteiger partial charge in [-0.3, -0.25) is 14.5 Å². The summed E-state index contributed by atoms with van der Waals surface area (Å²) < 4.78 is 0. The van der Waals surface area contributed by atoms with Crippen LogP contribution in [-0.2, 0) is 9.59 Å². The SMILES string of the molecule is NCCN1CCN(C(=O)C(=O)NC2CCCCC2)CC1. The van der Waals surface area contributed by atoms with E-state index in [2.05, 4.69) is 10.2 Å². The number of carbonyl (C=O) groups is 2. The molecule has 0 bridgehead atoms. The fourth-order valence-electron chi connectivity index (χ4n) is 2.99. The molecule has 0 aromatic carbocycles. The minimum absolute atomic E-state index is 0.193. The lowest BCUT2D eigenvalue weighted by Crippen LogP contribution is -2.54. The van der Waals surface area contributed by atoms with E-state index in [1.807, 2.05) is 0 Å². The van der Waals surface area contributed by atoms with E-state index in [-0.39, 0.29) is 11.9 Å². The van der Waals surface area contributed by atoms with Gasteiger partial charge in [-0.05, 0) is 12.8 Å². The number of nitrogens with one attached hydrogen (secondary N) is 1. The zero-order valence-electron chi connectivity index (χ0n) is 12.1. The fraction of sp³-hybridized carbons (Fsp3) is 0.857. The summed E-state index contributed by atoms with van der Waals surface area (Å²) in [7, 11) is 0. The number of carbonyl (C=O) groups excluding carboxylic acids is 2. The second-order valence-corrected chi connectivity index (χ2v) is 5.73. The fourth-order valence-corrected chi connectivity index (χ4v) is 2.99. The summed E-state index contributed by atoms with van der Waals surface area (Å²) >= 11 is 0. The minimum Gasteiger partial charge on any atom is -0.345 e. The van der Waals surface area contributed by atoms with Gasteiger partial charge in [0.15, 0.2) is 0 Å². The molecule has 0 atom stereocenters. The van der Waals surface area contributed by atoms with Gasteiger partial charge in [0, 0.05) is 45.3 Å². The van der Waals surface area contributed by atoms with Gasteiger partial charge >= 0.3 is 11.8 Å². The van der Waals surface area contributed by atoms with Crippen LogP contribution in [0.2, 0.25) is 0 Å². The molecule has 0 unspecified atom stereocenters. The Morgan fingerprint density at radius 1 is 1.05 bits per heavy atom. The highest BCUT2D eigenvalue weighted by Gasteiger charge is 2.27. The molecule has 0 aromatic heterocycles. The molecule has 2 amide bonds. The predicted octanol–water partition coefficient (Wildman–Crippen LogP) is -0.462. The Balaban J connectivity index is 1.74. The average molecular weight is 282 g/mol. The van der Waals surface area contributed by atoms with Gasteiger partial charge in [0.25, 0.3) is 0 Å². The highest BCUT2D eigenvalue weighted by Crippen LogP contribution is 2.17. The van der Waals surface area contributed by atoms with Crippen molar-refractivity contribution in [3.8, 4) is 0 Å². The van der Waals surface area contributed by atoms with Crippen molar-refractivity contribution in [1.29, 1.82) is 0 Å². The van der Waals surface area contributed by atoms with E-state index < -0.39 is 5.91 Å². The molecule has 3 N–H and O–H groups in total. The Labute approximate surface area is 120 Å². The Bertz CT molecular complexity index is 334. The van der Waals surface area contributed by atoms with Crippen molar-refractivity contribution in [2.24, 2.45) is 5.73 Å². The first kappa shape index (κ1) is 15.3. The molecule has 2 fully saturated rings. The van der Waals surface area contributed by atoms with Crippen LogP contribution in [0.3, 0.4) is 0 Å². The summed E-state index contributed by atoms with van der Waals surface area (Å²) in [4.78, 5) is 28.0. The first-order chi connectivity index (χ1) is 9.70. The maximum Gasteiger partial charge on any atom is 0.311 e. The molecule has 2 rings (SSSR count). The smallest absolute Gasteiger partial charge is 0.311 e. The first-order valence-electron chi connectivity index (χ1n) is 7.73. The first-order valence-corrected chi connectivity index (χ1v) is 7.73. The van der Waals surface area contributed by atoms with Gasteiger partial charge in [0.2, 0.25) is 0 Å². The normalized spacial score (nSPS) is 21.8. The number of piperazine rings is 1. The molecular formula is C14H26N4O2. The van der Waals surface area contributed by atoms with Crippen LogP contribution in [0.25, 0.3) is 0 Å². The summed E-state index contributed by atoms with van der Waals surface area (Å²) in [5.74, 6) is -0.799. The van der Waals surface area contributed by atoms with Crippen molar-refractivity contribution in [3.63, 3.8) is 0 Å². The molecule has 114 valence electrons. The van der Waals surface area contributed by atoms with Crippen molar-refractivity contribution in [3.05, 3.63) is 0 Å². The molecule has 1 saturated carbocycles. The number of nitrogens with zero attached hydrogens (tertiary/aromatic N) is 2. The van der Waals surface area contributed by atoms with Gasteiger partial charge in [-0.25, -0.2) is 0 Å². The molecule has 6 heteroatoms. The maximum atomic E-state index is 12.1. The van der Waals surface area contributed by atoms with Gasteiger partial charge in [-0.2, -0.15) is 0 Å². The van der Waals surface area contributed by atoms with Gasteiger partial charge in [0.05, 0.1) is 0 Å². The zero-order chi connectivity index (χ0) is 14.4. The highest BCUT2D eigenvalue weighted by molar-refractivity contribution is 6.35. The average Bonchev–Trinajstić information content (AvgIpc) is 2.48. The van der Waals surface area contributed by atoms with E-state index in [1.54, 1.807) is 4.90 Å². The summed E-state index contributed by atoms with van der Waals surface area (Å²) in [5.41, 5.74) is 5.52. The van der Waals surface area contributed by atoms with E-state index >= 15 is 0 Å². The number of hydrogen-bond donors (Lipinski definition) is 2. The molecule has 1 aliphatic carbocycles. The lowest BCUT2D eigenvalue weighted by molar-refractivity contribution is -0.147. The molecule has 0 spiro atoms. The van der Waals surface area contributed by atoms with Crippen LogP contribution < -0.4 is 11.1 Å². The van der Waals surface area contributed by atoms with Crippen LogP contribution in [0.1, 0.15) is 32.1 Å². The second kappa shape index (κ2) is 7.59. The van der Waals surface area contributed by atoms with Crippen LogP contribution in [0.4, 0.5) is 0 Å². The van der Waals surface area contributed by atoms with Gasteiger partial charge in [0.1, 0.15) is 0 Å². The Kier molecular flexibility index (Phi) is 5.79. The standard InChI is InChI=1S/C14H26N4O2/c15-6-7-17-8-10-18(11-9-17)14(20)13(19)16-12-4-2-1-3-5-12/h12H,1-11,15H2,(H,16,19).